The Kier molecular flexibility index (Phi) is 5.49. The molecular weight excluding hydrogens is 254 g/mol. The van der Waals surface area contributed by atoms with Crippen molar-refractivity contribution in [2.24, 2.45) is 0 Å². The first-order valence-corrected chi connectivity index (χ1v) is 7.10. The summed E-state index contributed by atoms with van der Waals surface area (Å²) in [7, 11) is 3.76. The standard InChI is InChI=1S/C15H23N3O2/c1-17(10-11-18-9-5-7-15(18)19)14(12-20-2)13-6-3-4-8-16-13/h3-4,6,8,14H,5,7,9-12H2,1-2H3/t14-/m1/s1. The number of likely N-dealkylation sites (tertiary alicyclic amines) is 1. The van der Waals surface area contributed by atoms with Gasteiger partial charge < -0.3 is 9.64 Å². The van der Waals surface area contributed by atoms with Crippen LogP contribution in [0.5, 0.6) is 0 Å². The number of amides is 1. The fourth-order valence-corrected chi connectivity index (χ4v) is 2.54. The number of pyridine rings is 1. The number of carbonyl (C=O) groups is 1. The Bertz CT molecular complexity index is 424. The first kappa shape index (κ1) is 14.9. The summed E-state index contributed by atoms with van der Waals surface area (Å²) in [5, 5.41) is 0. The minimum atomic E-state index is 0.124. The number of hydrogen-bond donors (Lipinski definition) is 0. The largest absolute Gasteiger partial charge is 0.383 e. The smallest absolute Gasteiger partial charge is 0.222 e. The zero-order valence-corrected chi connectivity index (χ0v) is 12.3. The Morgan fingerprint density at radius 3 is 2.95 bits per heavy atom. The van der Waals surface area contributed by atoms with Crippen LogP contribution in [0.4, 0.5) is 0 Å². The molecule has 1 amide bonds. The number of likely N-dealkylation sites (N-methyl/N-ethyl adjacent to an activating group) is 1. The van der Waals surface area contributed by atoms with Crippen LogP contribution >= 0.6 is 0 Å². The highest BCUT2D eigenvalue weighted by Gasteiger charge is 2.22. The topological polar surface area (TPSA) is 45.7 Å². The third kappa shape index (κ3) is 3.77. The van der Waals surface area contributed by atoms with Crippen LogP contribution in [-0.4, -0.2) is 61.1 Å². The SMILES string of the molecule is COC[C@H](c1ccccn1)N(C)CCN1CCCC1=O. The molecule has 0 aromatic carbocycles. The molecule has 0 aliphatic carbocycles. The first-order chi connectivity index (χ1) is 9.72. The fraction of sp³-hybridized carbons (Fsp3) is 0.600. The summed E-state index contributed by atoms with van der Waals surface area (Å²) in [6, 6.07) is 6.04. The van der Waals surface area contributed by atoms with Crippen molar-refractivity contribution in [3.05, 3.63) is 30.1 Å². The summed E-state index contributed by atoms with van der Waals surface area (Å²) >= 11 is 0. The van der Waals surface area contributed by atoms with Gasteiger partial charge in [0.15, 0.2) is 0 Å². The lowest BCUT2D eigenvalue weighted by Crippen LogP contribution is -2.37. The van der Waals surface area contributed by atoms with E-state index in [4.69, 9.17) is 4.74 Å². The molecule has 0 radical (unpaired) electrons. The highest BCUT2D eigenvalue weighted by Crippen LogP contribution is 2.18. The van der Waals surface area contributed by atoms with E-state index in [2.05, 4.69) is 16.9 Å². The molecule has 1 fully saturated rings. The summed E-state index contributed by atoms with van der Waals surface area (Å²) in [5.41, 5.74) is 1.00. The average molecular weight is 277 g/mol. The Morgan fingerprint density at radius 1 is 1.50 bits per heavy atom. The minimum absolute atomic E-state index is 0.124. The van der Waals surface area contributed by atoms with Gasteiger partial charge in [-0.1, -0.05) is 6.07 Å². The van der Waals surface area contributed by atoms with Gasteiger partial charge in [-0.2, -0.15) is 0 Å². The molecule has 5 heteroatoms. The van der Waals surface area contributed by atoms with Crippen LogP contribution in [0.1, 0.15) is 24.6 Å². The molecule has 0 N–H and O–H groups in total. The van der Waals surface area contributed by atoms with Crippen molar-refractivity contribution >= 4 is 5.91 Å². The molecule has 2 heterocycles. The molecule has 0 unspecified atom stereocenters. The number of rotatable bonds is 7. The van der Waals surface area contributed by atoms with Crippen LogP contribution < -0.4 is 0 Å². The molecule has 0 bridgehead atoms. The Morgan fingerprint density at radius 2 is 2.35 bits per heavy atom. The normalized spacial score (nSPS) is 16.9. The molecule has 1 saturated heterocycles. The molecule has 1 atom stereocenters. The second kappa shape index (κ2) is 7.36. The highest BCUT2D eigenvalue weighted by molar-refractivity contribution is 5.78. The van der Waals surface area contributed by atoms with Crippen LogP contribution in [0.15, 0.2) is 24.4 Å². The van der Waals surface area contributed by atoms with Gasteiger partial charge in [0, 0.05) is 39.4 Å². The van der Waals surface area contributed by atoms with E-state index in [0.29, 0.717) is 13.0 Å². The molecule has 1 aromatic heterocycles. The Labute approximate surface area is 120 Å². The Hall–Kier alpha value is -1.46. The van der Waals surface area contributed by atoms with Crippen LogP contribution in [0.3, 0.4) is 0 Å². The highest BCUT2D eigenvalue weighted by atomic mass is 16.5. The number of methoxy groups -OCH3 is 1. The average Bonchev–Trinajstić information content (AvgIpc) is 2.88. The molecule has 5 nitrogen and oxygen atoms in total. The van der Waals surface area contributed by atoms with E-state index in [1.165, 1.54) is 0 Å². The van der Waals surface area contributed by atoms with Gasteiger partial charge in [0.1, 0.15) is 0 Å². The summed E-state index contributed by atoms with van der Waals surface area (Å²) in [6.45, 7) is 3.10. The molecule has 0 spiro atoms. The number of carbonyl (C=O) groups excluding carboxylic acids is 1. The third-order valence-electron chi connectivity index (χ3n) is 3.78. The molecule has 1 aromatic rings. The quantitative estimate of drug-likeness (QED) is 0.754. The van der Waals surface area contributed by atoms with Crippen LogP contribution in [0.25, 0.3) is 0 Å². The van der Waals surface area contributed by atoms with E-state index in [9.17, 15) is 4.79 Å². The summed E-state index contributed by atoms with van der Waals surface area (Å²) in [4.78, 5) is 20.2. The maximum Gasteiger partial charge on any atom is 0.222 e. The van der Waals surface area contributed by atoms with E-state index in [1.54, 1.807) is 13.3 Å². The van der Waals surface area contributed by atoms with Gasteiger partial charge in [0.25, 0.3) is 0 Å². The lowest BCUT2D eigenvalue weighted by Gasteiger charge is -2.28. The van der Waals surface area contributed by atoms with Crippen molar-refractivity contribution in [1.29, 1.82) is 0 Å². The van der Waals surface area contributed by atoms with Crippen molar-refractivity contribution < 1.29 is 9.53 Å². The van der Waals surface area contributed by atoms with Crippen molar-refractivity contribution in [2.75, 3.05) is 40.4 Å². The zero-order chi connectivity index (χ0) is 14.4. The van der Waals surface area contributed by atoms with Gasteiger partial charge >= 0.3 is 0 Å². The second-order valence-corrected chi connectivity index (χ2v) is 5.19. The summed E-state index contributed by atoms with van der Waals surface area (Å²) in [5.74, 6) is 0.277. The molecule has 110 valence electrons. The molecule has 0 saturated carbocycles. The van der Waals surface area contributed by atoms with E-state index in [-0.39, 0.29) is 11.9 Å². The second-order valence-electron chi connectivity index (χ2n) is 5.19. The fourth-order valence-electron chi connectivity index (χ4n) is 2.54. The van der Waals surface area contributed by atoms with Crippen molar-refractivity contribution in [3.8, 4) is 0 Å². The predicted octanol–water partition coefficient (Wildman–Crippen LogP) is 1.32. The zero-order valence-electron chi connectivity index (χ0n) is 12.3. The van der Waals surface area contributed by atoms with E-state index in [1.807, 2.05) is 23.1 Å². The molecule has 2 rings (SSSR count). The molecule has 1 aliphatic heterocycles. The number of hydrogen-bond acceptors (Lipinski definition) is 4. The third-order valence-corrected chi connectivity index (χ3v) is 3.78. The lowest BCUT2D eigenvalue weighted by molar-refractivity contribution is -0.127. The summed E-state index contributed by atoms with van der Waals surface area (Å²) in [6.07, 6.45) is 3.49. The van der Waals surface area contributed by atoms with Crippen molar-refractivity contribution in [1.82, 2.24) is 14.8 Å². The number of nitrogens with zero attached hydrogens (tertiary/aromatic N) is 3. The maximum atomic E-state index is 11.6. The molecule has 1 aliphatic rings. The summed E-state index contributed by atoms with van der Waals surface area (Å²) < 4.78 is 5.31. The first-order valence-electron chi connectivity index (χ1n) is 7.10. The van der Waals surface area contributed by atoms with Gasteiger partial charge in [-0.15, -0.1) is 0 Å². The Balaban J connectivity index is 1.93. The van der Waals surface area contributed by atoms with Crippen LogP contribution in [-0.2, 0) is 9.53 Å². The van der Waals surface area contributed by atoms with Crippen molar-refractivity contribution in [2.45, 2.75) is 18.9 Å². The molecule has 20 heavy (non-hydrogen) atoms. The number of ether oxygens (including phenoxy) is 1. The van der Waals surface area contributed by atoms with Crippen molar-refractivity contribution in [3.63, 3.8) is 0 Å². The van der Waals surface area contributed by atoms with Crippen LogP contribution in [0.2, 0.25) is 0 Å². The van der Waals surface area contributed by atoms with E-state index in [0.717, 1.165) is 31.7 Å². The monoisotopic (exact) mass is 277 g/mol. The van der Waals surface area contributed by atoms with Crippen LogP contribution in [0, 0.1) is 0 Å². The predicted molar refractivity (Wildman–Crippen MR) is 77.3 cm³/mol. The van der Waals surface area contributed by atoms with Gasteiger partial charge in [0.2, 0.25) is 5.91 Å². The van der Waals surface area contributed by atoms with E-state index < -0.39 is 0 Å². The van der Waals surface area contributed by atoms with Gasteiger partial charge in [-0.25, -0.2) is 0 Å². The van der Waals surface area contributed by atoms with E-state index >= 15 is 0 Å². The van der Waals surface area contributed by atoms with Gasteiger partial charge in [0.05, 0.1) is 18.3 Å². The number of aromatic nitrogens is 1. The lowest BCUT2D eigenvalue weighted by atomic mass is 10.1. The minimum Gasteiger partial charge on any atom is -0.383 e. The molecular formula is C15H23N3O2. The van der Waals surface area contributed by atoms with Gasteiger partial charge in [-0.3, -0.25) is 14.7 Å². The van der Waals surface area contributed by atoms with Gasteiger partial charge in [-0.05, 0) is 25.6 Å². The maximum absolute atomic E-state index is 11.6.